The Bertz CT molecular complexity index is 684. The maximum absolute atomic E-state index is 12.7. The van der Waals surface area contributed by atoms with Crippen LogP contribution in [0, 0.1) is 0 Å². The highest BCUT2D eigenvalue weighted by Crippen LogP contribution is 2.27. The first-order chi connectivity index (χ1) is 12.4. The van der Waals surface area contributed by atoms with E-state index in [9.17, 15) is 19.2 Å². The minimum absolute atomic E-state index is 0.412. The molecular formula is C18H24N4O4. The first kappa shape index (κ1) is 19.4. The number of amides is 6. The Kier molecular flexibility index (Phi) is 6.32. The molecule has 0 aliphatic carbocycles. The Morgan fingerprint density at radius 3 is 2.27 bits per heavy atom. The number of nitrogens with one attached hydrogen (secondary N) is 3. The van der Waals surface area contributed by atoms with Gasteiger partial charge < -0.3 is 10.6 Å². The lowest BCUT2D eigenvalue weighted by Crippen LogP contribution is -2.48. The Hall–Kier alpha value is -2.90. The molecule has 140 valence electrons. The fraction of sp³-hybridized carbons (Fsp3) is 0.444. The van der Waals surface area contributed by atoms with Crippen molar-refractivity contribution >= 4 is 29.6 Å². The van der Waals surface area contributed by atoms with Crippen LogP contribution in [0.1, 0.15) is 39.5 Å². The second kappa shape index (κ2) is 8.46. The Morgan fingerprint density at radius 2 is 1.69 bits per heavy atom. The standard InChI is InChI=1S/C18H24N4O4/c1-3-10-18(11-4-2)15(24)22(17(26)21-18)12-14(23)20-16(25)19-13-8-6-5-7-9-13/h5-9H,3-4,10-12H2,1-2H3,(H,21,26)(H2,19,20,23,25). The summed E-state index contributed by atoms with van der Waals surface area (Å²) in [7, 11) is 0. The molecular weight excluding hydrogens is 336 g/mol. The molecule has 6 amide bonds. The molecule has 1 fully saturated rings. The molecule has 8 heteroatoms. The highest BCUT2D eigenvalue weighted by atomic mass is 16.2. The minimum atomic E-state index is -0.951. The summed E-state index contributed by atoms with van der Waals surface area (Å²) in [6, 6.07) is 7.30. The summed E-state index contributed by atoms with van der Waals surface area (Å²) in [5.74, 6) is -1.14. The maximum atomic E-state index is 12.7. The fourth-order valence-corrected chi connectivity index (χ4v) is 3.13. The van der Waals surface area contributed by atoms with E-state index in [1.54, 1.807) is 30.3 Å². The highest BCUT2D eigenvalue weighted by molar-refractivity contribution is 6.10. The molecule has 1 aliphatic heterocycles. The number of carbonyl (C=O) groups excluding carboxylic acids is 4. The average molecular weight is 360 g/mol. The van der Waals surface area contributed by atoms with E-state index in [2.05, 4.69) is 16.0 Å². The maximum Gasteiger partial charge on any atom is 0.325 e. The molecule has 1 aromatic rings. The van der Waals surface area contributed by atoms with E-state index < -0.39 is 36.0 Å². The van der Waals surface area contributed by atoms with Gasteiger partial charge in [-0.15, -0.1) is 0 Å². The monoisotopic (exact) mass is 360 g/mol. The largest absolute Gasteiger partial charge is 0.325 e. The quantitative estimate of drug-likeness (QED) is 0.648. The third-order valence-corrected chi connectivity index (χ3v) is 4.19. The van der Waals surface area contributed by atoms with Gasteiger partial charge in [0.1, 0.15) is 12.1 Å². The van der Waals surface area contributed by atoms with Crippen LogP contribution >= 0.6 is 0 Å². The van der Waals surface area contributed by atoms with Crippen LogP contribution in [-0.4, -0.2) is 40.9 Å². The number of carbonyl (C=O) groups is 4. The molecule has 3 N–H and O–H groups in total. The lowest BCUT2D eigenvalue weighted by atomic mass is 9.88. The molecule has 0 bridgehead atoms. The minimum Gasteiger partial charge on any atom is -0.323 e. The first-order valence-electron chi connectivity index (χ1n) is 8.72. The molecule has 1 aliphatic rings. The van der Waals surface area contributed by atoms with Crippen LogP contribution in [-0.2, 0) is 9.59 Å². The van der Waals surface area contributed by atoms with Crippen LogP contribution in [0.15, 0.2) is 30.3 Å². The van der Waals surface area contributed by atoms with E-state index in [1.165, 1.54) is 0 Å². The van der Waals surface area contributed by atoms with Crippen LogP contribution in [0.3, 0.4) is 0 Å². The second-order valence-electron chi connectivity index (χ2n) is 6.27. The second-order valence-corrected chi connectivity index (χ2v) is 6.27. The topological polar surface area (TPSA) is 108 Å². The van der Waals surface area contributed by atoms with Crippen molar-refractivity contribution in [1.82, 2.24) is 15.5 Å². The number of urea groups is 2. The number of anilines is 1. The van der Waals surface area contributed by atoms with Gasteiger partial charge in [-0.05, 0) is 25.0 Å². The van der Waals surface area contributed by atoms with Gasteiger partial charge in [0.15, 0.2) is 0 Å². The predicted octanol–water partition coefficient (Wildman–Crippen LogP) is 2.23. The Labute approximate surface area is 152 Å². The van der Waals surface area contributed by atoms with Gasteiger partial charge in [0.2, 0.25) is 5.91 Å². The van der Waals surface area contributed by atoms with E-state index in [0.29, 0.717) is 18.5 Å². The molecule has 1 heterocycles. The SMILES string of the molecule is CCCC1(CCC)NC(=O)N(CC(=O)NC(=O)Nc2ccccc2)C1=O. The number of imide groups is 2. The van der Waals surface area contributed by atoms with Gasteiger partial charge in [-0.2, -0.15) is 0 Å². The number of nitrogens with zero attached hydrogens (tertiary/aromatic N) is 1. The molecule has 0 saturated carbocycles. The van der Waals surface area contributed by atoms with Gasteiger partial charge in [0, 0.05) is 5.69 Å². The summed E-state index contributed by atoms with van der Waals surface area (Å²) in [5.41, 5.74) is -0.426. The van der Waals surface area contributed by atoms with E-state index in [1.807, 2.05) is 13.8 Å². The Balaban J connectivity index is 1.96. The lowest BCUT2D eigenvalue weighted by molar-refractivity contribution is -0.135. The lowest BCUT2D eigenvalue weighted by Gasteiger charge is -2.25. The molecule has 0 aromatic heterocycles. The van der Waals surface area contributed by atoms with Crippen molar-refractivity contribution in [3.8, 4) is 0 Å². The molecule has 1 saturated heterocycles. The molecule has 0 unspecified atom stereocenters. The molecule has 2 rings (SSSR count). The highest BCUT2D eigenvalue weighted by Gasteiger charge is 2.50. The number of hydrogen-bond acceptors (Lipinski definition) is 4. The van der Waals surface area contributed by atoms with Gasteiger partial charge >= 0.3 is 12.1 Å². The van der Waals surface area contributed by atoms with E-state index >= 15 is 0 Å². The summed E-state index contributed by atoms with van der Waals surface area (Å²) in [6.45, 7) is 3.36. The van der Waals surface area contributed by atoms with Crippen molar-refractivity contribution in [3.63, 3.8) is 0 Å². The van der Waals surface area contributed by atoms with Gasteiger partial charge in [0.25, 0.3) is 5.91 Å². The van der Waals surface area contributed by atoms with Crippen molar-refractivity contribution in [2.75, 3.05) is 11.9 Å². The smallest absolute Gasteiger partial charge is 0.323 e. The fourth-order valence-electron chi connectivity index (χ4n) is 3.13. The number of rotatable bonds is 7. The molecule has 0 spiro atoms. The average Bonchev–Trinajstić information content (AvgIpc) is 2.80. The van der Waals surface area contributed by atoms with Crippen molar-refractivity contribution in [2.24, 2.45) is 0 Å². The molecule has 0 atom stereocenters. The first-order valence-corrected chi connectivity index (χ1v) is 8.72. The van der Waals surface area contributed by atoms with Gasteiger partial charge in [-0.1, -0.05) is 44.9 Å². The van der Waals surface area contributed by atoms with Crippen LogP contribution in [0.4, 0.5) is 15.3 Å². The summed E-state index contributed by atoms with van der Waals surface area (Å²) in [4.78, 5) is 49.7. The summed E-state index contributed by atoms with van der Waals surface area (Å²) in [6.07, 6.45) is 2.48. The van der Waals surface area contributed by atoms with Crippen LogP contribution in [0.5, 0.6) is 0 Å². The van der Waals surface area contributed by atoms with E-state index in [-0.39, 0.29) is 0 Å². The number of hydrogen-bond donors (Lipinski definition) is 3. The van der Waals surface area contributed by atoms with Crippen molar-refractivity contribution in [2.45, 2.75) is 45.1 Å². The summed E-state index contributed by atoms with van der Waals surface area (Å²) < 4.78 is 0. The van der Waals surface area contributed by atoms with Gasteiger partial charge in [-0.25, -0.2) is 9.59 Å². The zero-order valence-electron chi connectivity index (χ0n) is 15.0. The normalized spacial score (nSPS) is 15.5. The summed E-state index contributed by atoms with van der Waals surface area (Å²) >= 11 is 0. The summed E-state index contributed by atoms with van der Waals surface area (Å²) in [5, 5.41) is 7.35. The van der Waals surface area contributed by atoms with Crippen LogP contribution in [0.2, 0.25) is 0 Å². The number of para-hydroxylation sites is 1. The van der Waals surface area contributed by atoms with Crippen molar-refractivity contribution in [3.05, 3.63) is 30.3 Å². The molecule has 0 radical (unpaired) electrons. The molecule has 8 nitrogen and oxygen atoms in total. The zero-order chi connectivity index (χ0) is 19.2. The van der Waals surface area contributed by atoms with E-state index in [4.69, 9.17) is 0 Å². The molecule has 1 aromatic carbocycles. The predicted molar refractivity (Wildman–Crippen MR) is 96.4 cm³/mol. The van der Waals surface area contributed by atoms with Gasteiger partial charge in [0.05, 0.1) is 0 Å². The van der Waals surface area contributed by atoms with Gasteiger partial charge in [-0.3, -0.25) is 19.8 Å². The van der Waals surface area contributed by atoms with Crippen molar-refractivity contribution < 1.29 is 19.2 Å². The third kappa shape index (κ3) is 4.38. The van der Waals surface area contributed by atoms with Crippen LogP contribution < -0.4 is 16.0 Å². The Morgan fingerprint density at radius 1 is 1.08 bits per heavy atom. The zero-order valence-corrected chi connectivity index (χ0v) is 15.0. The van der Waals surface area contributed by atoms with Crippen molar-refractivity contribution in [1.29, 1.82) is 0 Å². The van der Waals surface area contributed by atoms with Crippen LogP contribution in [0.25, 0.3) is 0 Å². The number of benzene rings is 1. The third-order valence-electron chi connectivity index (χ3n) is 4.19. The molecule has 26 heavy (non-hydrogen) atoms. The van der Waals surface area contributed by atoms with E-state index in [0.717, 1.165) is 17.7 Å².